The first-order chi connectivity index (χ1) is 5.00. The second-order valence-corrected chi connectivity index (χ2v) is 3.80. The number of carbonyl (C=O) groups excluding carboxylic acids is 1. The summed E-state index contributed by atoms with van der Waals surface area (Å²) in [6.45, 7) is 6.66. The molecule has 3 nitrogen and oxygen atoms in total. The lowest BCUT2D eigenvalue weighted by molar-refractivity contribution is -0.153. The van der Waals surface area contributed by atoms with Crippen LogP contribution in [0, 0.1) is 5.41 Å². The molecule has 0 spiro atoms. The van der Waals surface area contributed by atoms with Gasteiger partial charge in [0.2, 0.25) is 0 Å². The van der Waals surface area contributed by atoms with Crippen molar-refractivity contribution >= 4 is 5.97 Å². The van der Waals surface area contributed by atoms with Gasteiger partial charge in [-0.2, -0.15) is 0 Å². The summed E-state index contributed by atoms with van der Waals surface area (Å²) in [6.07, 6.45) is 0.168. The maximum Gasteiger partial charge on any atom is 0.311 e. The highest BCUT2D eigenvalue weighted by Crippen LogP contribution is 2.17. The van der Waals surface area contributed by atoms with Crippen LogP contribution < -0.4 is 0 Å². The van der Waals surface area contributed by atoms with Crippen LogP contribution in [0.4, 0.5) is 0 Å². The van der Waals surface area contributed by atoms with Gasteiger partial charge in [0.05, 0.1) is 12.0 Å². The molecule has 11 heavy (non-hydrogen) atoms. The zero-order valence-electron chi connectivity index (χ0n) is 7.22. The Hall–Kier alpha value is -0.570. The minimum absolute atomic E-state index is 0.159. The lowest BCUT2D eigenvalue weighted by Crippen LogP contribution is -2.24. The first-order valence-electron chi connectivity index (χ1n) is 3.79. The molecule has 0 N–H and O–H groups in total. The van der Waals surface area contributed by atoms with Crippen LogP contribution >= 0.6 is 0 Å². The van der Waals surface area contributed by atoms with Gasteiger partial charge in [-0.15, -0.1) is 0 Å². The average molecular weight is 158 g/mol. The van der Waals surface area contributed by atoms with E-state index in [0.29, 0.717) is 6.61 Å². The SMILES string of the molecule is CC(C)(C)C(=O)OCC1CO1. The summed E-state index contributed by atoms with van der Waals surface area (Å²) in [7, 11) is 0. The lowest BCUT2D eigenvalue weighted by atomic mass is 9.97. The first kappa shape index (κ1) is 8.53. The van der Waals surface area contributed by atoms with E-state index < -0.39 is 5.41 Å². The van der Waals surface area contributed by atoms with Crippen molar-refractivity contribution in [2.24, 2.45) is 5.41 Å². The molecule has 1 saturated heterocycles. The molecule has 0 aromatic carbocycles. The van der Waals surface area contributed by atoms with E-state index in [1.807, 2.05) is 20.8 Å². The molecule has 64 valence electrons. The third-order valence-electron chi connectivity index (χ3n) is 1.42. The van der Waals surface area contributed by atoms with Crippen molar-refractivity contribution in [1.29, 1.82) is 0 Å². The molecule has 0 aliphatic carbocycles. The van der Waals surface area contributed by atoms with Gasteiger partial charge in [-0.1, -0.05) is 0 Å². The number of rotatable bonds is 2. The van der Waals surface area contributed by atoms with Gasteiger partial charge >= 0.3 is 5.97 Å². The van der Waals surface area contributed by atoms with Crippen molar-refractivity contribution in [3.63, 3.8) is 0 Å². The molecule has 0 aromatic heterocycles. The topological polar surface area (TPSA) is 38.8 Å². The predicted molar refractivity (Wildman–Crippen MR) is 40.2 cm³/mol. The summed E-state index contributed by atoms with van der Waals surface area (Å²) in [4.78, 5) is 11.1. The van der Waals surface area contributed by atoms with E-state index in [1.165, 1.54) is 0 Å². The molecule has 1 unspecified atom stereocenters. The van der Waals surface area contributed by atoms with E-state index in [9.17, 15) is 4.79 Å². The summed E-state index contributed by atoms with van der Waals surface area (Å²) in [5, 5.41) is 0. The third kappa shape index (κ3) is 2.89. The summed E-state index contributed by atoms with van der Waals surface area (Å²) in [5.74, 6) is -0.159. The zero-order valence-corrected chi connectivity index (χ0v) is 7.22. The molecule has 0 saturated carbocycles. The Morgan fingerprint density at radius 1 is 1.64 bits per heavy atom. The normalized spacial score (nSPS) is 23.0. The molecule has 1 heterocycles. The fraction of sp³-hybridized carbons (Fsp3) is 0.875. The molecule has 1 aliphatic rings. The Morgan fingerprint density at radius 2 is 2.18 bits per heavy atom. The Balaban J connectivity index is 2.19. The van der Waals surface area contributed by atoms with Crippen LogP contribution in [-0.4, -0.2) is 25.3 Å². The second kappa shape index (κ2) is 2.81. The van der Waals surface area contributed by atoms with Crippen molar-refractivity contribution in [3.05, 3.63) is 0 Å². The number of esters is 1. The molecule has 1 rings (SSSR count). The highest BCUT2D eigenvalue weighted by Gasteiger charge is 2.28. The van der Waals surface area contributed by atoms with E-state index in [-0.39, 0.29) is 12.1 Å². The molecular formula is C8H14O3. The number of hydrogen-bond acceptors (Lipinski definition) is 3. The van der Waals surface area contributed by atoms with Gasteiger partial charge < -0.3 is 9.47 Å². The molecular weight excluding hydrogens is 144 g/mol. The van der Waals surface area contributed by atoms with Gasteiger partial charge in [-0.05, 0) is 20.8 Å². The standard InChI is InChI=1S/C8H14O3/c1-8(2,3)7(9)11-5-6-4-10-6/h6H,4-5H2,1-3H3. The van der Waals surface area contributed by atoms with E-state index in [1.54, 1.807) is 0 Å². The minimum Gasteiger partial charge on any atom is -0.462 e. The Morgan fingerprint density at radius 3 is 2.55 bits per heavy atom. The van der Waals surface area contributed by atoms with E-state index >= 15 is 0 Å². The van der Waals surface area contributed by atoms with E-state index in [0.717, 1.165) is 6.61 Å². The highest BCUT2D eigenvalue weighted by molar-refractivity contribution is 5.75. The van der Waals surface area contributed by atoms with Gasteiger partial charge in [0.15, 0.2) is 0 Å². The average Bonchev–Trinajstić information content (AvgIpc) is 2.62. The highest BCUT2D eigenvalue weighted by atomic mass is 16.6. The molecule has 3 heteroatoms. The fourth-order valence-electron chi connectivity index (χ4n) is 0.549. The predicted octanol–water partition coefficient (Wildman–Crippen LogP) is 0.975. The van der Waals surface area contributed by atoms with Gasteiger partial charge in [-0.25, -0.2) is 0 Å². The molecule has 0 amide bonds. The maximum atomic E-state index is 11.1. The summed E-state index contributed by atoms with van der Waals surface area (Å²) < 4.78 is 9.86. The van der Waals surface area contributed by atoms with Crippen LogP contribution in [0.5, 0.6) is 0 Å². The Labute approximate surface area is 66.7 Å². The third-order valence-corrected chi connectivity index (χ3v) is 1.42. The van der Waals surface area contributed by atoms with Gasteiger partial charge in [0.1, 0.15) is 12.7 Å². The molecule has 0 bridgehead atoms. The van der Waals surface area contributed by atoms with Crippen LogP contribution in [0.15, 0.2) is 0 Å². The van der Waals surface area contributed by atoms with Crippen molar-refractivity contribution in [1.82, 2.24) is 0 Å². The summed E-state index contributed by atoms with van der Waals surface area (Å²) in [5.41, 5.74) is -0.394. The fourth-order valence-corrected chi connectivity index (χ4v) is 0.549. The Kier molecular flexibility index (Phi) is 2.18. The molecule has 1 aliphatic heterocycles. The first-order valence-corrected chi connectivity index (χ1v) is 3.79. The van der Waals surface area contributed by atoms with Crippen molar-refractivity contribution in [2.45, 2.75) is 26.9 Å². The van der Waals surface area contributed by atoms with Gasteiger partial charge in [0.25, 0.3) is 0 Å². The number of ether oxygens (including phenoxy) is 2. The second-order valence-electron chi connectivity index (χ2n) is 3.80. The smallest absolute Gasteiger partial charge is 0.311 e. The van der Waals surface area contributed by atoms with Crippen molar-refractivity contribution in [3.8, 4) is 0 Å². The molecule has 0 aromatic rings. The van der Waals surface area contributed by atoms with Gasteiger partial charge in [-0.3, -0.25) is 4.79 Å². The van der Waals surface area contributed by atoms with E-state index in [4.69, 9.17) is 9.47 Å². The van der Waals surface area contributed by atoms with Crippen LogP contribution in [0.25, 0.3) is 0 Å². The largest absolute Gasteiger partial charge is 0.462 e. The monoisotopic (exact) mass is 158 g/mol. The summed E-state index contributed by atoms with van der Waals surface area (Å²) in [6, 6.07) is 0. The van der Waals surface area contributed by atoms with Crippen LogP contribution in [0.2, 0.25) is 0 Å². The van der Waals surface area contributed by atoms with Crippen LogP contribution in [0.3, 0.4) is 0 Å². The number of carbonyl (C=O) groups is 1. The van der Waals surface area contributed by atoms with Crippen LogP contribution in [-0.2, 0) is 14.3 Å². The number of hydrogen-bond donors (Lipinski definition) is 0. The number of epoxide rings is 1. The molecule has 1 atom stereocenters. The van der Waals surface area contributed by atoms with E-state index in [2.05, 4.69) is 0 Å². The van der Waals surface area contributed by atoms with Crippen molar-refractivity contribution in [2.75, 3.05) is 13.2 Å². The molecule has 0 radical (unpaired) electrons. The van der Waals surface area contributed by atoms with Gasteiger partial charge in [0, 0.05) is 0 Å². The zero-order chi connectivity index (χ0) is 8.48. The minimum atomic E-state index is -0.394. The quantitative estimate of drug-likeness (QED) is 0.444. The van der Waals surface area contributed by atoms with Crippen molar-refractivity contribution < 1.29 is 14.3 Å². The maximum absolute atomic E-state index is 11.1. The lowest BCUT2D eigenvalue weighted by Gasteiger charge is -2.15. The molecule has 1 fully saturated rings. The van der Waals surface area contributed by atoms with Crippen LogP contribution in [0.1, 0.15) is 20.8 Å². The Bertz CT molecular complexity index is 153. The summed E-state index contributed by atoms with van der Waals surface area (Å²) >= 11 is 0.